The summed E-state index contributed by atoms with van der Waals surface area (Å²) >= 11 is 6.13. The topological polar surface area (TPSA) is 98.4 Å². The van der Waals surface area contributed by atoms with Crippen molar-refractivity contribution in [3.63, 3.8) is 0 Å². The van der Waals surface area contributed by atoms with E-state index < -0.39 is 47.0 Å². The summed E-state index contributed by atoms with van der Waals surface area (Å²) < 4.78 is 53.9. The standard InChI is InChI=1S/C32H30ClF3N2O5/c1-30(2,3)43-29(41)20-7-5-19(6-8-20)13-26(39)25(16-31(11-12-31)32(34,35)36)38-18-27(42-4)24(15-28(38)40)23-14-22(33)10-9-21(23)17-37/h5-10,14-15,18,25H,11-13,16H2,1-4H3. The lowest BCUT2D eigenvalue weighted by Crippen LogP contribution is -2.36. The molecular weight excluding hydrogens is 585 g/mol. The molecule has 1 unspecified atom stereocenters. The number of nitrogens with zero attached hydrogens (tertiary/aromatic N) is 2. The summed E-state index contributed by atoms with van der Waals surface area (Å²) in [6.07, 6.45) is -4.55. The van der Waals surface area contributed by atoms with Crippen LogP contribution >= 0.6 is 11.6 Å². The van der Waals surface area contributed by atoms with Gasteiger partial charge in [-0.2, -0.15) is 18.4 Å². The molecule has 0 saturated heterocycles. The number of methoxy groups -OCH3 is 1. The summed E-state index contributed by atoms with van der Waals surface area (Å²) in [4.78, 5) is 39.5. The Kier molecular flexibility index (Phi) is 8.80. The zero-order chi connectivity index (χ0) is 31.7. The molecule has 4 rings (SSSR count). The Morgan fingerprint density at radius 2 is 1.72 bits per heavy atom. The highest BCUT2D eigenvalue weighted by Gasteiger charge is 2.64. The summed E-state index contributed by atoms with van der Waals surface area (Å²) in [6, 6.07) is 12.2. The third kappa shape index (κ3) is 7.11. The molecule has 0 radical (unpaired) electrons. The number of ketones is 1. The summed E-state index contributed by atoms with van der Waals surface area (Å²) in [7, 11) is 1.31. The second kappa shape index (κ2) is 11.9. The minimum absolute atomic E-state index is 0.0785. The van der Waals surface area contributed by atoms with Crippen LogP contribution in [0.3, 0.4) is 0 Å². The van der Waals surface area contributed by atoms with Crippen molar-refractivity contribution in [3.05, 3.63) is 86.8 Å². The number of alkyl halides is 3. The lowest BCUT2D eigenvalue weighted by molar-refractivity contribution is -0.191. The van der Waals surface area contributed by atoms with Gasteiger partial charge in [-0.1, -0.05) is 23.7 Å². The Bertz CT molecular complexity index is 1650. The Morgan fingerprint density at radius 3 is 2.26 bits per heavy atom. The van der Waals surface area contributed by atoms with Crippen LogP contribution < -0.4 is 10.3 Å². The molecule has 43 heavy (non-hydrogen) atoms. The second-order valence-corrected chi connectivity index (χ2v) is 12.1. The van der Waals surface area contributed by atoms with E-state index >= 15 is 0 Å². The van der Waals surface area contributed by atoms with Gasteiger partial charge in [-0.05, 0) is 75.9 Å². The number of halogens is 4. The molecule has 0 N–H and O–H groups in total. The van der Waals surface area contributed by atoms with Crippen LogP contribution in [0.15, 0.2) is 59.5 Å². The van der Waals surface area contributed by atoms with Gasteiger partial charge in [-0.15, -0.1) is 0 Å². The molecule has 1 heterocycles. The van der Waals surface area contributed by atoms with Gasteiger partial charge in [0.15, 0.2) is 5.78 Å². The number of aromatic nitrogens is 1. The molecule has 1 atom stereocenters. The van der Waals surface area contributed by atoms with Crippen molar-refractivity contribution in [3.8, 4) is 22.9 Å². The van der Waals surface area contributed by atoms with Crippen molar-refractivity contribution in [2.75, 3.05) is 7.11 Å². The van der Waals surface area contributed by atoms with Crippen molar-refractivity contribution in [1.29, 1.82) is 5.26 Å². The monoisotopic (exact) mass is 614 g/mol. The maximum absolute atomic E-state index is 14.0. The number of pyridine rings is 1. The molecule has 226 valence electrons. The Morgan fingerprint density at radius 1 is 1.07 bits per heavy atom. The number of ether oxygens (including phenoxy) is 2. The van der Waals surface area contributed by atoms with Gasteiger partial charge in [-0.25, -0.2) is 4.79 Å². The number of hydrogen-bond donors (Lipinski definition) is 0. The van der Waals surface area contributed by atoms with Crippen LogP contribution in [-0.2, 0) is 16.0 Å². The normalized spacial score (nSPS) is 14.9. The maximum Gasteiger partial charge on any atom is 0.394 e. The Balaban J connectivity index is 1.72. The second-order valence-electron chi connectivity index (χ2n) is 11.6. The predicted octanol–water partition coefficient (Wildman–Crippen LogP) is 7.09. The summed E-state index contributed by atoms with van der Waals surface area (Å²) in [5.41, 5.74) is -2.10. The largest absolute Gasteiger partial charge is 0.495 e. The van der Waals surface area contributed by atoms with E-state index in [1.54, 1.807) is 20.8 Å². The zero-order valence-corrected chi connectivity index (χ0v) is 24.8. The summed E-state index contributed by atoms with van der Waals surface area (Å²) in [5, 5.41) is 9.87. The first-order valence-corrected chi connectivity index (χ1v) is 13.9. The number of carbonyl (C=O) groups excluding carboxylic acids is 2. The van der Waals surface area contributed by atoms with Crippen LogP contribution in [0.5, 0.6) is 5.75 Å². The number of benzene rings is 2. The average Bonchev–Trinajstić information content (AvgIpc) is 3.72. The van der Waals surface area contributed by atoms with Gasteiger partial charge in [-0.3, -0.25) is 9.59 Å². The van der Waals surface area contributed by atoms with Gasteiger partial charge in [0.2, 0.25) is 0 Å². The van der Waals surface area contributed by atoms with E-state index in [1.165, 1.54) is 55.8 Å². The van der Waals surface area contributed by atoms with E-state index in [0.717, 1.165) is 10.6 Å². The van der Waals surface area contributed by atoms with Gasteiger partial charge >= 0.3 is 12.1 Å². The maximum atomic E-state index is 14.0. The molecule has 1 aliphatic rings. The molecule has 1 aliphatic carbocycles. The minimum atomic E-state index is -4.56. The van der Waals surface area contributed by atoms with Crippen molar-refractivity contribution in [2.45, 2.75) is 64.3 Å². The van der Waals surface area contributed by atoms with Crippen LogP contribution in [0.2, 0.25) is 5.02 Å². The van der Waals surface area contributed by atoms with Gasteiger partial charge in [0.25, 0.3) is 5.56 Å². The molecule has 3 aromatic rings. The number of rotatable bonds is 9. The molecule has 1 saturated carbocycles. The zero-order valence-electron chi connectivity index (χ0n) is 24.0. The fourth-order valence-corrected chi connectivity index (χ4v) is 5.06. The highest BCUT2D eigenvalue weighted by molar-refractivity contribution is 6.31. The van der Waals surface area contributed by atoms with E-state index in [1.807, 2.05) is 6.07 Å². The van der Waals surface area contributed by atoms with Crippen molar-refractivity contribution >= 4 is 23.4 Å². The van der Waals surface area contributed by atoms with E-state index in [2.05, 4.69) is 0 Å². The smallest absolute Gasteiger partial charge is 0.394 e. The van der Waals surface area contributed by atoms with Gasteiger partial charge in [0.1, 0.15) is 11.4 Å². The number of nitriles is 1. The van der Waals surface area contributed by atoms with E-state index in [-0.39, 0.29) is 41.7 Å². The van der Waals surface area contributed by atoms with Gasteiger partial charge in [0, 0.05) is 28.6 Å². The fourth-order valence-electron chi connectivity index (χ4n) is 4.89. The predicted molar refractivity (Wildman–Crippen MR) is 154 cm³/mol. The quantitative estimate of drug-likeness (QED) is 0.239. The van der Waals surface area contributed by atoms with Crippen molar-refractivity contribution in [2.24, 2.45) is 5.41 Å². The Labute approximate surface area is 251 Å². The summed E-state index contributed by atoms with van der Waals surface area (Å²) in [5.74, 6) is -1.09. The van der Waals surface area contributed by atoms with Crippen LogP contribution in [-0.4, -0.2) is 35.2 Å². The first kappa shape index (κ1) is 31.8. The highest BCUT2D eigenvalue weighted by atomic mass is 35.5. The molecule has 1 aromatic heterocycles. The molecule has 11 heteroatoms. The van der Waals surface area contributed by atoms with Gasteiger partial charge < -0.3 is 14.0 Å². The van der Waals surface area contributed by atoms with Crippen LogP contribution in [0.1, 0.15) is 67.6 Å². The molecule has 0 amide bonds. The SMILES string of the molecule is COc1cn(C(CC2(C(F)(F)F)CC2)C(=O)Cc2ccc(C(=O)OC(C)(C)C)cc2)c(=O)cc1-c1cc(Cl)ccc1C#N. The first-order valence-electron chi connectivity index (χ1n) is 13.5. The highest BCUT2D eigenvalue weighted by Crippen LogP contribution is 2.61. The van der Waals surface area contributed by atoms with Crippen molar-refractivity contribution in [1.82, 2.24) is 4.57 Å². The van der Waals surface area contributed by atoms with E-state index in [4.69, 9.17) is 21.1 Å². The first-order chi connectivity index (χ1) is 20.1. The third-order valence-corrected chi connectivity index (χ3v) is 7.60. The number of hydrogen-bond acceptors (Lipinski definition) is 6. The molecule has 0 aliphatic heterocycles. The van der Waals surface area contributed by atoms with Crippen LogP contribution in [0, 0.1) is 16.7 Å². The Hall–Kier alpha value is -4.10. The fraction of sp³-hybridized carbons (Fsp3) is 0.375. The number of Topliss-reactive ketones (excluding diaryl/α,β-unsaturated/α-hetero) is 1. The van der Waals surface area contributed by atoms with E-state index in [9.17, 15) is 32.8 Å². The number of esters is 1. The average molecular weight is 615 g/mol. The third-order valence-electron chi connectivity index (χ3n) is 7.37. The van der Waals surface area contributed by atoms with Crippen LogP contribution in [0.25, 0.3) is 11.1 Å². The molecule has 0 spiro atoms. The number of carbonyl (C=O) groups is 2. The summed E-state index contributed by atoms with van der Waals surface area (Å²) in [6.45, 7) is 5.19. The van der Waals surface area contributed by atoms with Crippen molar-refractivity contribution < 1.29 is 32.2 Å². The van der Waals surface area contributed by atoms with Crippen LogP contribution in [0.4, 0.5) is 13.2 Å². The lowest BCUT2D eigenvalue weighted by atomic mass is 9.90. The lowest BCUT2D eigenvalue weighted by Gasteiger charge is -2.27. The van der Waals surface area contributed by atoms with Gasteiger partial charge in [0.05, 0.1) is 42.0 Å². The van der Waals surface area contributed by atoms with E-state index in [0.29, 0.717) is 16.1 Å². The molecular formula is C32H30ClF3N2O5. The molecule has 1 fully saturated rings. The molecule has 2 aromatic carbocycles. The molecule has 7 nitrogen and oxygen atoms in total. The molecule has 0 bridgehead atoms. The minimum Gasteiger partial charge on any atom is -0.495 e.